The molecule has 0 radical (unpaired) electrons. The molecular formula is C15H14BrF3N2. The smallest absolute Gasteiger partial charge is 0.194 e. The van der Waals surface area contributed by atoms with Crippen LogP contribution in [0.2, 0.25) is 0 Å². The molecule has 0 aliphatic rings. The topological polar surface area (TPSA) is 24.9 Å². The van der Waals surface area contributed by atoms with Crippen LogP contribution in [-0.4, -0.2) is 11.5 Å². The standard InChI is InChI=1S/C15H14BrF3N2/c1-2-20-13(7-10-4-3-9(16)8-21-10)11-5-6-12(17)15(19)14(11)18/h3-6,8,13,20H,2,7H2,1H3. The summed E-state index contributed by atoms with van der Waals surface area (Å²) in [6.07, 6.45) is 2.02. The van der Waals surface area contributed by atoms with Crippen LogP contribution in [0.1, 0.15) is 24.2 Å². The monoisotopic (exact) mass is 358 g/mol. The largest absolute Gasteiger partial charge is 0.310 e. The Morgan fingerprint density at radius 2 is 1.90 bits per heavy atom. The molecule has 2 rings (SSSR count). The molecule has 2 nitrogen and oxygen atoms in total. The highest BCUT2D eigenvalue weighted by atomic mass is 79.9. The van der Waals surface area contributed by atoms with E-state index in [4.69, 9.17) is 0 Å². The summed E-state index contributed by atoms with van der Waals surface area (Å²) >= 11 is 3.29. The van der Waals surface area contributed by atoms with Crippen LogP contribution in [-0.2, 0) is 6.42 Å². The minimum absolute atomic E-state index is 0.0977. The molecule has 6 heteroatoms. The number of nitrogens with zero attached hydrogens (tertiary/aromatic N) is 1. The summed E-state index contributed by atoms with van der Waals surface area (Å²) < 4.78 is 41.2. The van der Waals surface area contributed by atoms with Gasteiger partial charge in [0.2, 0.25) is 0 Å². The molecule has 0 saturated carbocycles. The molecule has 1 aromatic heterocycles. The van der Waals surface area contributed by atoms with Gasteiger partial charge in [-0.3, -0.25) is 4.98 Å². The summed E-state index contributed by atoms with van der Waals surface area (Å²) in [5, 5.41) is 3.07. The van der Waals surface area contributed by atoms with Crippen molar-refractivity contribution in [2.24, 2.45) is 0 Å². The van der Waals surface area contributed by atoms with Crippen LogP contribution < -0.4 is 5.32 Å². The van der Waals surface area contributed by atoms with Gasteiger partial charge in [0.1, 0.15) is 0 Å². The highest BCUT2D eigenvalue weighted by Crippen LogP contribution is 2.24. The molecule has 21 heavy (non-hydrogen) atoms. The lowest BCUT2D eigenvalue weighted by atomic mass is 10.0. The van der Waals surface area contributed by atoms with Gasteiger partial charge in [-0.05, 0) is 40.7 Å². The first-order chi connectivity index (χ1) is 10.0. The van der Waals surface area contributed by atoms with E-state index >= 15 is 0 Å². The lowest BCUT2D eigenvalue weighted by Crippen LogP contribution is -2.24. The zero-order valence-corrected chi connectivity index (χ0v) is 12.9. The Balaban J connectivity index is 2.30. The van der Waals surface area contributed by atoms with Crippen molar-refractivity contribution in [3.63, 3.8) is 0 Å². The fraction of sp³-hybridized carbons (Fsp3) is 0.267. The molecule has 1 unspecified atom stereocenters. The Bertz CT molecular complexity index is 617. The Kier molecular flexibility index (Phi) is 5.36. The van der Waals surface area contributed by atoms with E-state index in [0.717, 1.165) is 16.2 Å². The third-order valence-corrected chi connectivity index (χ3v) is 3.56. The van der Waals surface area contributed by atoms with Crippen LogP contribution in [0, 0.1) is 17.5 Å². The second-order valence-corrected chi connectivity index (χ2v) is 5.46. The van der Waals surface area contributed by atoms with Gasteiger partial charge < -0.3 is 5.32 Å². The number of hydrogen-bond acceptors (Lipinski definition) is 2. The molecule has 0 bridgehead atoms. The molecule has 1 atom stereocenters. The number of benzene rings is 1. The fourth-order valence-electron chi connectivity index (χ4n) is 2.08. The van der Waals surface area contributed by atoms with Gasteiger partial charge in [0.15, 0.2) is 17.5 Å². The van der Waals surface area contributed by atoms with E-state index in [1.165, 1.54) is 6.07 Å². The maximum Gasteiger partial charge on any atom is 0.194 e. The van der Waals surface area contributed by atoms with E-state index in [-0.39, 0.29) is 5.56 Å². The van der Waals surface area contributed by atoms with Gasteiger partial charge >= 0.3 is 0 Å². The van der Waals surface area contributed by atoms with Crippen LogP contribution >= 0.6 is 15.9 Å². The van der Waals surface area contributed by atoms with Crippen LogP contribution in [0.3, 0.4) is 0 Å². The van der Waals surface area contributed by atoms with Gasteiger partial charge in [0, 0.05) is 34.4 Å². The third-order valence-electron chi connectivity index (χ3n) is 3.09. The summed E-state index contributed by atoms with van der Waals surface area (Å²) in [6, 6.07) is 5.35. The van der Waals surface area contributed by atoms with Crippen molar-refractivity contribution in [1.82, 2.24) is 10.3 Å². The highest BCUT2D eigenvalue weighted by Gasteiger charge is 2.21. The van der Waals surface area contributed by atoms with Crippen molar-refractivity contribution in [3.05, 3.63) is 63.6 Å². The van der Waals surface area contributed by atoms with Gasteiger partial charge in [-0.1, -0.05) is 13.0 Å². The molecule has 0 aliphatic carbocycles. The average molecular weight is 359 g/mol. The maximum absolute atomic E-state index is 13.9. The zero-order chi connectivity index (χ0) is 15.4. The van der Waals surface area contributed by atoms with Crippen molar-refractivity contribution in [3.8, 4) is 0 Å². The van der Waals surface area contributed by atoms with Gasteiger partial charge in [-0.25, -0.2) is 13.2 Å². The second-order valence-electron chi connectivity index (χ2n) is 4.55. The Morgan fingerprint density at radius 1 is 1.14 bits per heavy atom. The van der Waals surface area contributed by atoms with E-state index in [2.05, 4.69) is 26.2 Å². The Labute approximate surface area is 129 Å². The van der Waals surface area contributed by atoms with Crippen LogP contribution in [0.4, 0.5) is 13.2 Å². The van der Waals surface area contributed by atoms with Crippen molar-refractivity contribution in [1.29, 1.82) is 0 Å². The number of nitrogens with one attached hydrogen (secondary N) is 1. The highest BCUT2D eigenvalue weighted by molar-refractivity contribution is 9.10. The van der Waals surface area contributed by atoms with E-state index in [1.807, 2.05) is 13.0 Å². The molecule has 112 valence electrons. The van der Waals surface area contributed by atoms with Crippen molar-refractivity contribution in [2.45, 2.75) is 19.4 Å². The van der Waals surface area contributed by atoms with Gasteiger partial charge in [-0.2, -0.15) is 0 Å². The number of hydrogen-bond donors (Lipinski definition) is 1. The first-order valence-corrected chi connectivity index (χ1v) is 7.29. The molecule has 1 heterocycles. The Morgan fingerprint density at radius 3 is 2.52 bits per heavy atom. The van der Waals surface area contributed by atoms with Gasteiger partial charge in [0.05, 0.1) is 0 Å². The van der Waals surface area contributed by atoms with Gasteiger partial charge in [0.25, 0.3) is 0 Å². The predicted molar refractivity (Wildman–Crippen MR) is 78.4 cm³/mol. The molecule has 2 aromatic rings. The number of pyridine rings is 1. The van der Waals surface area contributed by atoms with E-state index in [9.17, 15) is 13.2 Å². The van der Waals surface area contributed by atoms with Crippen molar-refractivity contribution in [2.75, 3.05) is 6.54 Å². The maximum atomic E-state index is 13.9. The molecule has 0 amide bonds. The predicted octanol–water partition coefficient (Wildman–Crippen LogP) is 4.15. The molecule has 0 fully saturated rings. The fourth-order valence-corrected chi connectivity index (χ4v) is 2.32. The van der Waals surface area contributed by atoms with E-state index in [0.29, 0.717) is 13.0 Å². The SMILES string of the molecule is CCNC(Cc1ccc(Br)cn1)c1ccc(F)c(F)c1F. The third kappa shape index (κ3) is 3.83. The average Bonchev–Trinajstić information content (AvgIpc) is 2.47. The van der Waals surface area contributed by atoms with Crippen LogP contribution in [0.15, 0.2) is 34.9 Å². The molecule has 0 spiro atoms. The Hall–Kier alpha value is -1.40. The minimum atomic E-state index is -1.45. The first kappa shape index (κ1) is 16.0. The van der Waals surface area contributed by atoms with E-state index < -0.39 is 23.5 Å². The zero-order valence-electron chi connectivity index (χ0n) is 11.3. The number of likely N-dealkylation sites (N-methyl/N-ethyl adjacent to an activating group) is 1. The number of aromatic nitrogens is 1. The second kappa shape index (κ2) is 7.04. The molecular weight excluding hydrogens is 345 g/mol. The van der Waals surface area contributed by atoms with Crippen LogP contribution in [0.5, 0.6) is 0 Å². The summed E-state index contributed by atoms with van der Waals surface area (Å²) in [7, 11) is 0. The summed E-state index contributed by atoms with van der Waals surface area (Å²) in [4.78, 5) is 4.22. The van der Waals surface area contributed by atoms with Crippen molar-refractivity contribution >= 4 is 15.9 Å². The van der Waals surface area contributed by atoms with Crippen molar-refractivity contribution < 1.29 is 13.2 Å². The molecule has 1 aromatic carbocycles. The van der Waals surface area contributed by atoms with E-state index in [1.54, 1.807) is 12.3 Å². The number of rotatable bonds is 5. The summed E-state index contributed by atoms with van der Waals surface area (Å²) in [6.45, 7) is 2.43. The molecule has 0 saturated heterocycles. The summed E-state index contributed by atoms with van der Waals surface area (Å²) in [5.41, 5.74) is 0.828. The molecule has 0 aliphatic heterocycles. The van der Waals surface area contributed by atoms with Gasteiger partial charge in [-0.15, -0.1) is 0 Å². The number of halogens is 4. The van der Waals surface area contributed by atoms with Crippen LogP contribution in [0.25, 0.3) is 0 Å². The lowest BCUT2D eigenvalue weighted by molar-refractivity contribution is 0.424. The first-order valence-electron chi connectivity index (χ1n) is 6.50. The quantitative estimate of drug-likeness (QED) is 0.812. The normalized spacial score (nSPS) is 12.4. The summed E-state index contributed by atoms with van der Waals surface area (Å²) in [5.74, 6) is -3.79. The minimum Gasteiger partial charge on any atom is -0.310 e. The lowest BCUT2D eigenvalue weighted by Gasteiger charge is -2.19. The molecule has 1 N–H and O–H groups in total.